The number of aromatic amines is 1. The van der Waals surface area contributed by atoms with Crippen LogP contribution in [0.4, 0.5) is 5.82 Å². The average Bonchev–Trinajstić information content (AvgIpc) is 3.36. The minimum absolute atomic E-state index is 0.156. The number of amides is 1. The Kier molecular flexibility index (Phi) is 6.19. The van der Waals surface area contributed by atoms with E-state index in [0.29, 0.717) is 25.5 Å². The van der Waals surface area contributed by atoms with E-state index in [1.165, 1.54) is 4.57 Å². The molecule has 4 heterocycles. The summed E-state index contributed by atoms with van der Waals surface area (Å²) < 4.78 is 6.98. The number of fused-ring (bicyclic) bond motifs is 1. The maximum atomic E-state index is 13.7. The van der Waals surface area contributed by atoms with Crippen LogP contribution in [0, 0.1) is 0 Å². The molecule has 2 aromatic carbocycles. The van der Waals surface area contributed by atoms with E-state index in [4.69, 9.17) is 4.74 Å². The van der Waals surface area contributed by atoms with E-state index >= 15 is 0 Å². The first-order chi connectivity index (χ1) is 18.6. The molecule has 190 valence electrons. The first-order valence-electron chi connectivity index (χ1n) is 12.4. The number of nitrogens with zero attached hydrogens (tertiary/aromatic N) is 3. The Bertz CT molecular complexity index is 1610. The summed E-state index contributed by atoms with van der Waals surface area (Å²) in [6.07, 6.45) is 5.12. The fourth-order valence-electron chi connectivity index (χ4n) is 4.69. The van der Waals surface area contributed by atoms with E-state index < -0.39 is 5.54 Å². The molecular weight excluding hydrogens is 480 g/mol. The molecule has 0 radical (unpaired) electrons. The molecule has 9 heteroatoms. The topological polar surface area (TPSA) is 114 Å². The Labute approximate surface area is 218 Å². The molecule has 1 aliphatic rings. The minimum atomic E-state index is -0.549. The van der Waals surface area contributed by atoms with E-state index in [2.05, 4.69) is 25.6 Å². The van der Waals surface area contributed by atoms with Gasteiger partial charge in [-0.05, 0) is 23.3 Å². The summed E-state index contributed by atoms with van der Waals surface area (Å²) in [5.41, 5.74) is 3.24. The van der Waals surface area contributed by atoms with E-state index in [9.17, 15) is 9.59 Å². The van der Waals surface area contributed by atoms with Gasteiger partial charge in [-0.2, -0.15) is 0 Å². The van der Waals surface area contributed by atoms with Crippen LogP contribution in [-0.2, 0) is 28.2 Å². The van der Waals surface area contributed by atoms with E-state index in [-0.39, 0.29) is 23.8 Å². The maximum absolute atomic E-state index is 13.7. The zero-order valence-corrected chi connectivity index (χ0v) is 20.6. The van der Waals surface area contributed by atoms with Gasteiger partial charge in [-0.25, -0.2) is 4.98 Å². The number of carbonyl (C=O) groups excluding carboxylic acids is 1. The molecule has 1 fully saturated rings. The van der Waals surface area contributed by atoms with Crippen molar-refractivity contribution in [3.05, 3.63) is 113 Å². The van der Waals surface area contributed by atoms with Gasteiger partial charge in [-0.1, -0.05) is 60.7 Å². The predicted molar refractivity (Wildman–Crippen MR) is 144 cm³/mol. The smallest absolute Gasteiger partial charge is 0.294 e. The zero-order valence-electron chi connectivity index (χ0n) is 20.6. The van der Waals surface area contributed by atoms with Gasteiger partial charge < -0.3 is 20.4 Å². The molecule has 0 saturated carbocycles. The Balaban J connectivity index is 1.28. The first-order valence-corrected chi connectivity index (χ1v) is 12.4. The van der Waals surface area contributed by atoms with Crippen molar-refractivity contribution in [2.45, 2.75) is 18.6 Å². The first kappa shape index (κ1) is 23.6. The summed E-state index contributed by atoms with van der Waals surface area (Å²) in [4.78, 5) is 38.7. The Morgan fingerprint density at radius 3 is 2.50 bits per heavy atom. The molecule has 0 aliphatic carbocycles. The lowest BCUT2D eigenvalue weighted by Crippen LogP contribution is -2.54. The predicted octanol–water partition coefficient (Wildman–Crippen LogP) is 3.44. The van der Waals surface area contributed by atoms with Gasteiger partial charge in [0.15, 0.2) is 5.82 Å². The third-order valence-electron chi connectivity index (χ3n) is 6.76. The Hall–Kier alpha value is -4.76. The Morgan fingerprint density at radius 1 is 1.03 bits per heavy atom. The van der Waals surface area contributed by atoms with Crippen LogP contribution in [0.15, 0.2) is 96.2 Å². The highest BCUT2D eigenvalue weighted by Crippen LogP contribution is 2.32. The summed E-state index contributed by atoms with van der Waals surface area (Å²) in [6, 6.07) is 23.1. The van der Waals surface area contributed by atoms with E-state index in [1.54, 1.807) is 18.6 Å². The van der Waals surface area contributed by atoms with Crippen LogP contribution in [0.2, 0.25) is 0 Å². The van der Waals surface area contributed by atoms with Crippen molar-refractivity contribution in [3.8, 4) is 11.3 Å². The summed E-state index contributed by atoms with van der Waals surface area (Å²) in [5.74, 6) is -0.115. The maximum Gasteiger partial charge on any atom is 0.294 e. The number of carbonyl (C=O) groups is 1. The average molecular weight is 507 g/mol. The van der Waals surface area contributed by atoms with Crippen molar-refractivity contribution < 1.29 is 9.53 Å². The highest BCUT2D eigenvalue weighted by Gasteiger charge is 2.41. The molecule has 3 N–H and O–H groups in total. The number of aromatic nitrogens is 4. The molecular formula is C29H26N6O3. The molecule has 0 spiro atoms. The van der Waals surface area contributed by atoms with Gasteiger partial charge in [0, 0.05) is 29.0 Å². The van der Waals surface area contributed by atoms with Crippen LogP contribution in [0.5, 0.6) is 0 Å². The summed E-state index contributed by atoms with van der Waals surface area (Å²) in [7, 11) is 0. The number of benzene rings is 2. The number of nitrogens with one attached hydrogen (secondary N) is 3. The van der Waals surface area contributed by atoms with Crippen LogP contribution in [-0.4, -0.2) is 38.6 Å². The second kappa shape index (κ2) is 9.95. The lowest BCUT2D eigenvalue weighted by atomic mass is 9.88. The molecule has 0 bridgehead atoms. The van der Waals surface area contributed by atoms with Crippen molar-refractivity contribution in [1.82, 2.24) is 24.8 Å². The third-order valence-corrected chi connectivity index (χ3v) is 6.76. The van der Waals surface area contributed by atoms with Gasteiger partial charge in [0.1, 0.15) is 12.1 Å². The minimum Gasteiger partial charge on any atom is -0.376 e. The number of ether oxygens (including phenoxy) is 1. The van der Waals surface area contributed by atoms with Gasteiger partial charge in [-0.3, -0.25) is 19.1 Å². The second-order valence-corrected chi connectivity index (χ2v) is 9.35. The van der Waals surface area contributed by atoms with Crippen molar-refractivity contribution >= 4 is 22.6 Å². The third kappa shape index (κ3) is 4.55. The normalized spacial score (nSPS) is 14.1. The fraction of sp³-hybridized carbons (Fsp3) is 0.172. The largest absolute Gasteiger partial charge is 0.376 e. The van der Waals surface area contributed by atoms with Crippen LogP contribution >= 0.6 is 0 Å². The van der Waals surface area contributed by atoms with Gasteiger partial charge in [0.05, 0.1) is 31.6 Å². The molecule has 3 aromatic heterocycles. The molecule has 1 amide bonds. The summed E-state index contributed by atoms with van der Waals surface area (Å²) in [6.45, 7) is 0.975. The van der Waals surface area contributed by atoms with Crippen LogP contribution in [0.1, 0.15) is 11.3 Å². The molecule has 0 unspecified atom stereocenters. The van der Waals surface area contributed by atoms with Crippen LogP contribution < -0.4 is 16.2 Å². The SMILES string of the molecule is O=C(Cn1c(-c2ccccc2)cnc(NC2(c3ccccc3)COC2)c1=O)NCc1cc2cnccc2[nH]1. The molecule has 1 aliphatic heterocycles. The molecule has 5 aromatic rings. The van der Waals surface area contributed by atoms with Gasteiger partial charge in [0.25, 0.3) is 5.56 Å². The monoisotopic (exact) mass is 506 g/mol. The van der Waals surface area contributed by atoms with Crippen molar-refractivity contribution in [2.75, 3.05) is 18.5 Å². The molecule has 1 saturated heterocycles. The van der Waals surface area contributed by atoms with Crippen molar-refractivity contribution in [3.63, 3.8) is 0 Å². The summed E-state index contributed by atoms with van der Waals surface area (Å²) in [5, 5.41) is 7.22. The number of hydrogen-bond donors (Lipinski definition) is 3. The quantitative estimate of drug-likeness (QED) is 0.297. The number of anilines is 1. The number of hydrogen-bond acceptors (Lipinski definition) is 6. The number of H-pyrrole nitrogens is 1. The van der Waals surface area contributed by atoms with Gasteiger partial charge in [0.2, 0.25) is 5.91 Å². The zero-order chi connectivity index (χ0) is 26.0. The molecule has 6 rings (SSSR count). The standard InChI is InChI=1S/C29H26N6O3/c36-26(31-15-23-13-21-14-30-12-11-24(21)33-23)17-35-25(20-7-3-1-4-8-20)16-32-27(28(35)37)34-29(18-38-19-29)22-9-5-2-6-10-22/h1-14,16,33H,15,17-19H2,(H,31,36)(H,32,34). The van der Waals surface area contributed by atoms with Gasteiger partial charge in [-0.15, -0.1) is 0 Å². The number of rotatable bonds is 8. The highest BCUT2D eigenvalue weighted by atomic mass is 16.5. The Morgan fingerprint density at radius 2 is 1.79 bits per heavy atom. The number of pyridine rings is 1. The molecule has 9 nitrogen and oxygen atoms in total. The fourth-order valence-corrected chi connectivity index (χ4v) is 4.69. The second-order valence-electron chi connectivity index (χ2n) is 9.35. The summed E-state index contributed by atoms with van der Waals surface area (Å²) >= 11 is 0. The van der Waals surface area contributed by atoms with Crippen LogP contribution in [0.3, 0.4) is 0 Å². The van der Waals surface area contributed by atoms with Crippen molar-refractivity contribution in [2.24, 2.45) is 0 Å². The molecule has 0 atom stereocenters. The molecule has 38 heavy (non-hydrogen) atoms. The lowest BCUT2D eigenvalue weighted by molar-refractivity contribution is -0.121. The van der Waals surface area contributed by atoms with E-state index in [1.807, 2.05) is 72.8 Å². The van der Waals surface area contributed by atoms with Crippen molar-refractivity contribution in [1.29, 1.82) is 0 Å². The highest BCUT2D eigenvalue weighted by molar-refractivity contribution is 5.80. The van der Waals surface area contributed by atoms with E-state index in [0.717, 1.165) is 27.7 Å². The van der Waals surface area contributed by atoms with Crippen LogP contribution in [0.25, 0.3) is 22.2 Å². The lowest BCUT2D eigenvalue weighted by Gasteiger charge is -2.42. The van der Waals surface area contributed by atoms with Gasteiger partial charge >= 0.3 is 0 Å².